The molecular formula is C6H9N3O. The van der Waals surface area contributed by atoms with Crippen molar-refractivity contribution in [2.45, 2.75) is 12.5 Å². The standard InChI is InChI=1S/C6H9N3O/c7-3-5-4-9(5)2-1-6(8)10/h5H,1-2,4H2,(H2,8,10). The first-order valence-corrected chi connectivity index (χ1v) is 3.16. The summed E-state index contributed by atoms with van der Waals surface area (Å²) in [5.74, 6) is -0.302. The molecule has 1 heterocycles. The average Bonchev–Trinajstić information content (AvgIpc) is 2.61. The SMILES string of the molecule is N#CC1CN1CCC(N)=O. The van der Waals surface area contributed by atoms with Crippen LogP contribution in [0.25, 0.3) is 0 Å². The maximum absolute atomic E-state index is 10.2. The first-order chi connectivity index (χ1) is 4.74. The molecule has 10 heavy (non-hydrogen) atoms. The molecule has 1 rings (SSSR count). The molecule has 1 saturated heterocycles. The lowest BCUT2D eigenvalue weighted by Crippen LogP contribution is -2.16. The largest absolute Gasteiger partial charge is 0.370 e. The maximum Gasteiger partial charge on any atom is 0.218 e. The average molecular weight is 139 g/mol. The molecule has 2 unspecified atom stereocenters. The van der Waals surface area contributed by atoms with Crippen LogP contribution in [0.15, 0.2) is 0 Å². The van der Waals surface area contributed by atoms with Gasteiger partial charge in [0.25, 0.3) is 0 Å². The van der Waals surface area contributed by atoms with E-state index in [1.165, 1.54) is 0 Å². The van der Waals surface area contributed by atoms with E-state index in [-0.39, 0.29) is 11.9 Å². The van der Waals surface area contributed by atoms with Gasteiger partial charge in [0.05, 0.1) is 6.07 Å². The number of hydrogen-bond acceptors (Lipinski definition) is 3. The number of amides is 1. The highest BCUT2D eigenvalue weighted by Crippen LogP contribution is 2.15. The molecule has 2 atom stereocenters. The Kier molecular flexibility index (Phi) is 1.88. The Morgan fingerprint density at radius 1 is 1.90 bits per heavy atom. The van der Waals surface area contributed by atoms with Crippen molar-refractivity contribution in [1.82, 2.24) is 4.90 Å². The first-order valence-electron chi connectivity index (χ1n) is 3.16. The maximum atomic E-state index is 10.2. The normalized spacial score (nSPS) is 29.1. The van der Waals surface area contributed by atoms with Gasteiger partial charge in [-0.1, -0.05) is 0 Å². The summed E-state index contributed by atoms with van der Waals surface area (Å²) < 4.78 is 0. The summed E-state index contributed by atoms with van der Waals surface area (Å²) in [5.41, 5.74) is 4.91. The number of primary amides is 1. The summed E-state index contributed by atoms with van der Waals surface area (Å²) in [7, 11) is 0. The number of nitriles is 1. The van der Waals surface area contributed by atoms with Crippen LogP contribution in [0.2, 0.25) is 0 Å². The highest BCUT2D eigenvalue weighted by Gasteiger charge is 2.33. The fourth-order valence-corrected chi connectivity index (χ4v) is 0.798. The van der Waals surface area contributed by atoms with Crippen LogP contribution in [0.3, 0.4) is 0 Å². The predicted octanol–water partition coefficient (Wildman–Crippen LogP) is -0.930. The van der Waals surface area contributed by atoms with Crippen LogP contribution in [0, 0.1) is 11.3 Å². The molecule has 0 bridgehead atoms. The van der Waals surface area contributed by atoms with Crippen LogP contribution in [-0.2, 0) is 4.79 Å². The zero-order valence-electron chi connectivity index (χ0n) is 5.58. The van der Waals surface area contributed by atoms with E-state index in [2.05, 4.69) is 6.07 Å². The molecule has 0 aromatic heterocycles. The molecule has 0 radical (unpaired) electrons. The zero-order valence-corrected chi connectivity index (χ0v) is 5.58. The van der Waals surface area contributed by atoms with E-state index in [1.54, 1.807) is 0 Å². The van der Waals surface area contributed by atoms with Crippen molar-refractivity contribution >= 4 is 5.91 Å². The van der Waals surface area contributed by atoms with Gasteiger partial charge in [0.1, 0.15) is 6.04 Å². The first kappa shape index (κ1) is 7.03. The molecule has 0 spiro atoms. The molecule has 0 aliphatic carbocycles. The van der Waals surface area contributed by atoms with Crippen molar-refractivity contribution in [1.29, 1.82) is 5.26 Å². The number of carbonyl (C=O) groups is 1. The summed E-state index contributed by atoms with van der Waals surface area (Å²) in [6.07, 6.45) is 0.359. The fraction of sp³-hybridized carbons (Fsp3) is 0.667. The lowest BCUT2D eigenvalue weighted by Gasteiger charge is -1.94. The van der Waals surface area contributed by atoms with Crippen LogP contribution in [-0.4, -0.2) is 29.9 Å². The zero-order chi connectivity index (χ0) is 7.56. The third kappa shape index (κ3) is 1.71. The second-order valence-electron chi connectivity index (χ2n) is 2.36. The minimum absolute atomic E-state index is 0.0411. The highest BCUT2D eigenvalue weighted by molar-refractivity contribution is 5.73. The Hall–Kier alpha value is -1.08. The summed E-state index contributed by atoms with van der Waals surface area (Å²) in [6, 6.07) is 2.13. The highest BCUT2D eigenvalue weighted by atomic mass is 16.1. The van der Waals surface area contributed by atoms with Crippen LogP contribution in [0.5, 0.6) is 0 Å². The summed E-state index contributed by atoms with van der Waals surface area (Å²) in [6.45, 7) is 1.43. The van der Waals surface area contributed by atoms with Gasteiger partial charge in [-0.3, -0.25) is 9.69 Å². The van der Waals surface area contributed by atoms with E-state index in [1.807, 2.05) is 4.90 Å². The molecule has 4 nitrogen and oxygen atoms in total. The van der Waals surface area contributed by atoms with Crippen molar-refractivity contribution in [3.63, 3.8) is 0 Å². The Labute approximate surface area is 59.2 Å². The topological polar surface area (TPSA) is 69.9 Å². The van der Waals surface area contributed by atoms with Crippen LogP contribution in [0.4, 0.5) is 0 Å². The number of nitrogens with two attached hydrogens (primary N) is 1. The third-order valence-corrected chi connectivity index (χ3v) is 1.51. The van der Waals surface area contributed by atoms with Crippen molar-refractivity contribution in [3.8, 4) is 6.07 Å². The van der Waals surface area contributed by atoms with Gasteiger partial charge < -0.3 is 5.73 Å². The number of rotatable bonds is 3. The van der Waals surface area contributed by atoms with Gasteiger partial charge in [0.2, 0.25) is 5.91 Å². The van der Waals surface area contributed by atoms with Crippen LogP contribution >= 0.6 is 0 Å². The second kappa shape index (κ2) is 2.67. The molecule has 0 aromatic rings. The Morgan fingerprint density at radius 3 is 3.00 bits per heavy atom. The Balaban J connectivity index is 2.08. The predicted molar refractivity (Wildman–Crippen MR) is 34.8 cm³/mol. The molecule has 1 aliphatic heterocycles. The molecule has 1 fully saturated rings. The molecular weight excluding hydrogens is 130 g/mol. The molecule has 54 valence electrons. The molecule has 0 saturated carbocycles. The van der Waals surface area contributed by atoms with Gasteiger partial charge in [0.15, 0.2) is 0 Å². The van der Waals surface area contributed by atoms with Gasteiger partial charge in [-0.05, 0) is 0 Å². The van der Waals surface area contributed by atoms with Gasteiger partial charge in [-0.15, -0.1) is 0 Å². The van der Waals surface area contributed by atoms with E-state index in [4.69, 9.17) is 11.0 Å². The Morgan fingerprint density at radius 2 is 2.60 bits per heavy atom. The third-order valence-electron chi connectivity index (χ3n) is 1.51. The quantitative estimate of drug-likeness (QED) is 0.513. The van der Waals surface area contributed by atoms with Crippen LogP contribution < -0.4 is 5.73 Å². The smallest absolute Gasteiger partial charge is 0.218 e. The fourth-order valence-electron chi connectivity index (χ4n) is 0.798. The van der Waals surface area contributed by atoms with E-state index in [9.17, 15) is 4.79 Å². The van der Waals surface area contributed by atoms with E-state index in [0.29, 0.717) is 13.0 Å². The monoisotopic (exact) mass is 139 g/mol. The number of carbonyl (C=O) groups excluding carboxylic acids is 1. The van der Waals surface area contributed by atoms with Crippen molar-refractivity contribution < 1.29 is 4.79 Å². The molecule has 4 heteroatoms. The van der Waals surface area contributed by atoms with Crippen molar-refractivity contribution in [3.05, 3.63) is 0 Å². The van der Waals surface area contributed by atoms with Crippen LogP contribution in [0.1, 0.15) is 6.42 Å². The number of nitrogens with zero attached hydrogens (tertiary/aromatic N) is 2. The number of hydrogen-bond donors (Lipinski definition) is 1. The van der Waals surface area contributed by atoms with Crippen molar-refractivity contribution in [2.24, 2.45) is 5.73 Å². The van der Waals surface area contributed by atoms with Gasteiger partial charge in [-0.25, -0.2) is 0 Å². The van der Waals surface area contributed by atoms with E-state index < -0.39 is 0 Å². The second-order valence-corrected chi connectivity index (χ2v) is 2.36. The minimum Gasteiger partial charge on any atom is -0.370 e. The lowest BCUT2D eigenvalue weighted by molar-refractivity contribution is -0.118. The summed E-state index contributed by atoms with van der Waals surface area (Å²) in [5, 5.41) is 8.33. The van der Waals surface area contributed by atoms with E-state index >= 15 is 0 Å². The summed E-state index contributed by atoms with van der Waals surface area (Å²) in [4.78, 5) is 12.1. The molecule has 0 aromatic carbocycles. The van der Waals surface area contributed by atoms with Crippen molar-refractivity contribution in [2.75, 3.05) is 13.1 Å². The lowest BCUT2D eigenvalue weighted by atomic mass is 10.4. The van der Waals surface area contributed by atoms with Gasteiger partial charge >= 0.3 is 0 Å². The Bertz CT molecular complexity index is 184. The molecule has 1 amide bonds. The molecule has 2 N–H and O–H groups in total. The van der Waals surface area contributed by atoms with Gasteiger partial charge in [0, 0.05) is 19.5 Å². The van der Waals surface area contributed by atoms with Gasteiger partial charge in [-0.2, -0.15) is 5.26 Å². The minimum atomic E-state index is -0.302. The van der Waals surface area contributed by atoms with E-state index in [0.717, 1.165) is 6.54 Å². The molecule has 1 aliphatic rings. The summed E-state index contributed by atoms with van der Waals surface area (Å²) >= 11 is 0.